The van der Waals surface area contributed by atoms with Crippen LogP contribution in [0.2, 0.25) is 0 Å². The van der Waals surface area contributed by atoms with Crippen LogP contribution in [0.3, 0.4) is 0 Å². The zero-order valence-corrected chi connectivity index (χ0v) is 17.7. The molecule has 3 rings (SSSR count). The molecule has 2 N–H and O–H groups in total. The molecule has 7 heteroatoms. The van der Waals surface area contributed by atoms with E-state index in [1.165, 1.54) is 18.4 Å². The van der Waals surface area contributed by atoms with Crippen LogP contribution in [-0.2, 0) is 6.54 Å². The van der Waals surface area contributed by atoms with Crippen molar-refractivity contribution in [2.45, 2.75) is 26.3 Å². The lowest BCUT2D eigenvalue weighted by Gasteiger charge is -2.34. The van der Waals surface area contributed by atoms with Crippen LogP contribution in [0.1, 0.15) is 25.3 Å². The molecule has 1 saturated heterocycles. The molecule has 2 heterocycles. The van der Waals surface area contributed by atoms with E-state index < -0.39 is 0 Å². The molecule has 0 unspecified atom stereocenters. The minimum Gasteiger partial charge on any atom is -0.356 e. The quantitative estimate of drug-likeness (QED) is 0.388. The molecule has 0 atom stereocenters. The Morgan fingerprint density at radius 3 is 2.64 bits per heavy atom. The molecule has 1 aromatic heterocycles. The molecule has 140 valence electrons. The Morgan fingerprint density at radius 2 is 2.00 bits per heavy atom. The molecule has 6 nitrogen and oxygen atoms in total. The van der Waals surface area contributed by atoms with Crippen LogP contribution in [0.4, 0.5) is 5.82 Å². The summed E-state index contributed by atoms with van der Waals surface area (Å²) in [5.41, 5.74) is 1.24. The first-order valence-electron chi connectivity index (χ1n) is 9.15. The fraction of sp³-hybridized carbons (Fsp3) is 0.667. The van der Waals surface area contributed by atoms with E-state index in [-0.39, 0.29) is 24.0 Å². The van der Waals surface area contributed by atoms with Crippen molar-refractivity contribution >= 4 is 35.8 Å². The van der Waals surface area contributed by atoms with E-state index in [1.54, 1.807) is 0 Å². The maximum absolute atomic E-state index is 4.56. The van der Waals surface area contributed by atoms with Crippen molar-refractivity contribution in [1.82, 2.24) is 20.5 Å². The number of pyridine rings is 1. The first-order valence-corrected chi connectivity index (χ1v) is 9.15. The summed E-state index contributed by atoms with van der Waals surface area (Å²) in [4.78, 5) is 13.7. The van der Waals surface area contributed by atoms with Gasteiger partial charge < -0.3 is 20.4 Å². The van der Waals surface area contributed by atoms with Crippen molar-refractivity contribution in [3.05, 3.63) is 23.9 Å². The minimum atomic E-state index is 0. The third kappa shape index (κ3) is 6.29. The smallest absolute Gasteiger partial charge is 0.191 e. The zero-order valence-electron chi connectivity index (χ0n) is 15.4. The third-order valence-corrected chi connectivity index (χ3v) is 4.89. The van der Waals surface area contributed by atoms with Crippen LogP contribution in [0, 0.1) is 5.92 Å². The lowest BCUT2D eigenvalue weighted by molar-refractivity contribution is 0.270. The molecule has 1 aromatic rings. The van der Waals surface area contributed by atoms with Gasteiger partial charge in [-0.2, -0.15) is 0 Å². The summed E-state index contributed by atoms with van der Waals surface area (Å²) in [7, 11) is 1.83. The summed E-state index contributed by atoms with van der Waals surface area (Å²) in [5, 5.41) is 6.80. The fourth-order valence-corrected chi connectivity index (χ4v) is 3.01. The number of anilines is 1. The number of aromatic nitrogens is 1. The largest absolute Gasteiger partial charge is 0.356 e. The SMILES string of the molecule is CCN1CCN(c2cc(CNC(=NC)NCC3CC3)ccn2)CC1.I. The van der Waals surface area contributed by atoms with Gasteiger partial charge in [-0.1, -0.05) is 6.92 Å². The van der Waals surface area contributed by atoms with Crippen molar-refractivity contribution < 1.29 is 0 Å². The lowest BCUT2D eigenvalue weighted by atomic mass is 10.2. The van der Waals surface area contributed by atoms with Gasteiger partial charge in [0.05, 0.1) is 0 Å². The van der Waals surface area contributed by atoms with Crippen molar-refractivity contribution in [1.29, 1.82) is 0 Å². The van der Waals surface area contributed by atoms with E-state index in [9.17, 15) is 0 Å². The average Bonchev–Trinajstić information content (AvgIpc) is 3.46. The van der Waals surface area contributed by atoms with Crippen LogP contribution in [-0.4, -0.2) is 62.2 Å². The summed E-state index contributed by atoms with van der Waals surface area (Å²) in [6.07, 6.45) is 4.62. The molecule has 0 radical (unpaired) electrons. The highest BCUT2D eigenvalue weighted by Gasteiger charge is 2.21. The molecule has 2 fully saturated rings. The molecule has 1 aliphatic heterocycles. The predicted molar refractivity (Wildman–Crippen MR) is 115 cm³/mol. The summed E-state index contributed by atoms with van der Waals surface area (Å²) >= 11 is 0. The number of likely N-dealkylation sites (N-methyl/N-ethyl adjacent to an activating group) is 1. The van der Waals surface area contributed by atoms with E-state index in [0.29, 0.717) is 0 Å². The molecule has 1 saturated carbocycles. The highest BCUT2D eigenvalue weighted by atomic mass is 127. The Morgan fingerprint density at radius 1 is 1.24 bits per heavy atom. The van der Waals surface area contributed by atoms with Gasteiger partial charge in [0.1, 0.15) is 5.82 Å². The molecule has 1 aliphatic carbocycles. The monoisotopic (exact) mass is 458 g/mol. The van der Waals surface area contributed by atoms with E-state index in [0.717, 1.165) is 63.5 Å². The summed E-state index contributed by atoms with van der Waals surface area (Å²) in [6.45, 7) is 9.53. The molecule has 25 heavy (non-hydrogen) atoms. The average molecular weight is 458 g/mol. The Kier molecular flexibility index (Phi) is 8.21. The van der Waals surface area contributed by atoms with Gasteiger partial charge in [0.15, 0.2) is 5.96 Å². The second-order valence-electron chi connectivity index (χ2n) is 6.69. The van der Waals surface area contributed by atoms with E-state index in [2.05, 4.69) is 49.5 Å². The molecule has 0 amide bonds. The maximum atomic E-state index is 4.56. The topological polar surface area (TPSA) is 55.8 Å². The Bertz CT molecular complexity index is 552. The van der Waals surface area contributed by atoms with Crippen molar-refractivity contribution in [3.8, 4) is 0 Å². The second kappa shape index (κ2) is 10.2. The van der Waals surface area contributed by atoms with Gasteiger partial charge in [-0.3, -0.25) is 4.99 Å². The van der Waals surface area contributed by atoms with Gasteiger partial charge in [-0.25, -0.2) is 4.98 Å². The van der Waals surface area contributed by atoms with Gasteiger partial charge in [0.2, 0.25) is 0 Å². The van der Waals surface area contributed by atoms with Crippen LogP contribution < -0.4 is 15.5 Å². The number of rotatable bonds is 6. The predicted octanol–water partition coefficient (Wildman–Crippen LogP) is 1.92. The van der Waals surface area contributed by atoms with Crippen LogP contribution in [0.25, 0.3) is 0 Å². The van der Waals surface area contributed by atoms with Crippen LogP contribution >= 0.6 is 24.0 Å². The second-order valence-corrected chi connectivity index (χ2v) is 6.69. The zero-order chi connectivity index (χ0) is 16.8. The first kappa shape index (κ1) is 20.2. The van der Waals surface area contributed by atoms with Gasteiger partial charge in [0, 0.05) is 52.5 Å². The molecule has 0 spiro atoms. The van der Waals surface area contributed by atoms with Crippen molar-refractivity contribution in [3.63, 3.8) is 0 Å². The Balaban J connectivity index is 0.00000225. The van der Waals surface area contributed by atoms with E-state index in [4.69, 9.17) is 0 Å². The summed E-state index contributed by atoms with van der Waals surface area (Å²) in [5.74, 6) is 2.82. The fourth-order valence-electron chi connectivity index (χ4n) is 3.01. The number of aliphatic imine (C=N–C) groups is 1. The number of hydrogen-bond acceptors (Lipinski definition) is 4. The maximum Gasteiger partial charge on any atom is 0.191 e. The minimum absolute atomic E-state index is 0. The van der Waals surface area contributed by atoms with Gasteiger partial charge in [-0.15, -0.1) is 24.0 Å². The van der Waals surface area contributed by atoms with E-state index in [1.807, 2.05) is 13.2 Å². The lowest BCUT2D eigenvalue weighted by Crippen LogP contribution is -2.46. The molecule has 2 aliphatic rings. The number of hydrogen-bond donors (Lipinski definition) is 2. The summed E-state index contributed by atoms with van der Waals surface area (Å²) < 4.78 is 0. The van der Waals surface area contributed by atoms with Crippen molar-refractivity contribution in [2.24, 2.45) is 10.9 Å². The van der Waals surface area contributed by atoms with Gasteiger partial charge >= 0.3 is 0 Å². The Labute approximate surface area is 168 Å². The molecule has 0 bridgehead atoms. The standard InChI is InChI=1S/C18H30N6.HI/c1-3-23-8-10-24(11-9-23)17-12-16(6-7-20-17)14-22-18(19-2)21-13-15-4-5-15;/h6-7,12,15H,3-5,8-11,13-14H2,1-2H3,(H2,19,21,22);1H. The third-order valence-electron chi connectivity index (χ3n) is 4.89. The molecular weight excluding hydrogens is 427 g/mol. The first-order chi connectivity index (χ1) is 11.8. The van der Waals surface area contributed by atoms with Crippen LogP contribution in [0.15, 0.2) is 23.3 Å². The van der Waals surface area contributed by atoms with Gasteiger partial charge in [0.25, 0.3) is 0 Å². The number of nitrogens with zero attached hydrogens (tertiary/aromatic N) is 4. The number of piperazine rings is 1. The number of halogens is 1. The molecular formula is C18H31IN6. The van der Waals surface area contributed by atoms with Gasteiger partial charge in [-0.05, 0) is 43.0 Å². The summed E-state index contributed by atoms with van der Waals surface area (Å²) in [6, 6.07) is 4.27. The van der Waals surface area contributed by atoms with E-state index >= 15 is 0 Å². The molecule has 0 aromatic carbocycles. The number of guanidine groups is 1. The normalized spacial score (nSPS) is 18.6. The Hall–Kier alpha value is -1.09. The van der Waals surface area contributed by atoms with Crippen LogP contribution in [0.5, 0.6) is 0 Å². The highest BCUT2D eigenvalue weighted by Crippen LogP contribution is 2.27. The van der Waals surface area contributed by atoms with Crippen molar-refractivity contribution in [2.75, 3.05) is 51.2 Å². The highest BCUT2D eigenvalue weighted by molar-refractivity contribution is 14.0. The number of nitrogens with one attached hydrogen (secondary N) is 2.